The van der Waals surface area contributed by atoms with Gasteiger partial charge in [0.1, 0.15) is 0 Å². The van der Waals surface area contributed by atoms with Crippen molar-refractivity contribution < 1.29 is 5.41 Å². The molecule has 0 radical (unpaired) electrons. The second kappa shape index (κ2) is 2.96. The molecule has 0 aliphatic carbocycles. The molecular weight excluding hydrogens is 241 g/mol. The van der Waals surface area contributed by atoms with Crippen molar-refractivity contribution in [3.8, 4) is 0 Å². The molecule has 52 valence electrons. The average molecular weight is 248 g/mol. The van der Waals surface area contributed by atoms with Gasteiger partial charge in [0.2, 0.25) is 3.72 Å². The first-order chi connectivity index (χ1) is 4.72. The SMILES string of the molecule is Nc1cnccc1C(=[NH2+])I. The fraction of sp³-hybridized carbons (Fsp3) is 0. The zero-order valence-electron chi connectivity index (χ0n) is 5.21. The Bertz CT molecular complexity index is 259. The molecule has 0 bridgehead atoms. The van der Waals surface area contributed by atoms with Crippen LogP contribution in [0.25, 0.3) is 0 Å². The number of halogens is 1. The molecule has 1 heterocycles. The summed E-state index contributed by atoms with van der Waals surface area (Å²) < 4.78 is 0.692. The van der Waals surface area contributed by atoms with Gasteiger partial charge >= 0.3 is 0 Å². The van der Waals surface area contributed by atoms with E-state index < -0.39 is 0 Å². The van der Waals surface area contributed by atoms with Crippen LogP contribution in [-0.4, -0.2) is 8.70 Å². The molecule has 1 aromatic heterocycles. The van der Waals surface area contributed by atoms with E-state index in [-0.39, 0.29) is 0 Å². The second-order valence-electron chi connectivity index (χ2n) is 1.81. The summed E-state index contributed by atoms with van der Waals surface area (Å²) in [5, 5.41) is 5.51. The van der Waals surface area contributed by atoms with E-state index in [1.165, 1.54) is 0 Å². The predicted molar refractivity (Wildman–Crippen MR) is 48.7 cm³/mol. The number of nitrogen functional groups attached to an aromatic ring is 1. The molecule has 0 saturated heterocycles. The minimum Gasteiger partial charge on any atom is -0.397 e. The van der Waals surface area contributed by atoms with E-state index in [0.717, 1.165) is 5.56 Å². The molecule has 0 atom stereocenters. The fourth-order valence-electron chi connectivity index (χ4n) is 0.624. The Kier molecular flexibility index (Phi) is 2.21. The van der Waals surface area contributed by atoms with E-state index in [1.54, 1.807) is 18.5 Å². The highest BCUT2D eigenvalue weighted by molar-refractivity contribution is 14.1. The van der Waals surface area contributed by atoms with Crippen LogP contribution in [0, 0.1) is 0 Å². The average Bonchev–Trinajstić information content (AvgIpc) is 1.88. The normalized spacial score (nSPS) is 9.30. The Labute approximate surface area is 72.3 Å². The van der Waals surface area contributed by atoms with E-state index >= 15 is 0 Å². The third-order valence-corrected chi connectivity index (χ3v) is 1.69. The minimum atomic E-state index is 0.620. The molecule has 3 nitrogen and oxygen atoms in total. The van der Waals surface area contributed by atoms with Gasteiger partial charge in [0.05, 0.1) is 17.4 Å². The molecule has 1 aromatic rings. The van der Waals surface area contributed by atoms with Gasteiger partial charge in [0.25, 0.3) is 0 Å². The Morgan fingerprint density at radius 2 is 2.40 bits per heavy atom. The maximum absolute atomic E-state index is 5.55. The van der Waals surface area contributed by atoms with Gasteiger partial charge in [-0.25, -0.2) is 5.41 Å². The summed E-state index contributed by atoms with van der Waals surface area (Å²) in [5.41, 5.74) is 7.03. The lowest BCUT2D eigenvalue weighted by atomic mass is 10.2. The molecule has 0 aromatic carbocycles. The lowest BCUT2D eigenvalue weighted by Gasteiger charge is -1.94. The summed E-state index contributed by atoms with van der Waals surface area (Å²) in [4.78, 5) is 3.83. The zero-order valence-corrected chi connectivity index (χ0v) is 7.37. The number of nitrogens with zero attached hydrogens (tertiary/aromatic N) is 1. The molecule has 4 heteroatoms. The van der Waals surface area contributed by atoms with E-state index in [9.17, 15) is 0 Å². The van der Waals surface area contributed by atoms with Gasteiger partial charge in [-0.3, -0.25) is 4.98 Å². The summed E-state index contributed by atoms with van der Waals surface area (Å²) in [5.74, 6) is 0. The molecule has 0 fully saturated rings. The van der Waals surface area contributed by atoms with Crippen LogP contribution in [0.15, 0.2) is 18.5 Å². The summed E-state index contributed by atoms with van der Waals surface area (Å²) in [6, 6.07) is 1.79. The Balaban J connectivity index is 3.15. The summed E-state index contributed by atoms with van der Waals surface area (Å²) in [6.45, 7) is 0. The van der Waals surface area contributed by atoms with Crippen LogP contribution in [0.3, 0.4) is 0 Å². The fourth-order valence-corrected chi connectivity index (χ4v) is 1.12. The Hall–Kier alpha value is -0.650. The van der Waals surface area contributed by atoms with Gasteiger partial charge in [-0.1, -0.05) is 0 Å². The quantitative estimate of drug-likeness (QED) is 0.525. The number of anilines is 1. The van der Waals surface area contributed by atoms with Crippen molar-refractivity contribution >= 4 is 32.0 Å². The molecule has 0 aliphatic heterocycles. The van der Waals surface area contributed by atoms with Gasteiger partial charge in [-0.15, -0.1) is 0 Å². The smallest absolute Gasteiger partial charge is 0.242 e. The van der Waals surface area contributed by atoms with Gasteiger partial charge in [-0.05, 0) is 6.07 Å². The Morgan fingerprint density at radius 3 is 2.80 bits per heavy atom. The Morgan fingerprint density at radius 1 is 1.70 bits per heavy atom. The van der Waals surface area contributed by atoms with Crippen LogP contribution in [-0.2, 0) is 0 Å². The van der Waals surface area contributed by atoms with Crippen LogP contribution in [0.2, 0.25) is 0 Å². The lowest BCUT2D eigenvalue weighted by Crippen LogP contribution is -2.36. The third kappa shape index (κ3) is 1.44. The molecule has 0 amide bonds. The maximum Gasteiger partial charge on any atom is 0.242 e. The highest BCUT2D eigenvalue weighted by Crippen LogP contribution is 2.10. The summed E-state index contributed by atoms with van der Waals surface area (Å²) in [7, 11) is 0. The standard InChI is InChI=1S/C6H6IN3/c7-6(9)4-1-2-10-3-5(4)8/h1-3,9H,8H2/p+1. The van der Waals surface area contributed by atoms with Crippen LogP contribution in [0.1, 0.15) is 5.56 Å². The van der Waals surface area contributed by atoms with Crippen molar-refractivity contribution in [2.75, 3.05) is 5.73 Å². The van der Waals surface area contributed by atoms with Crippen molar-refractivity contribution in [3.05, 3.63) is 24.0 Å². The molecule has 0 saturated carbocycles. The molecule has 10 heavy (non-hydrogen) atoms. The number of nitrogens with two attached hydrogens (primary N) is 2. The highest BCUT2D eigenvalue weighted by atomic mass is 127. The molecule has 1 rings (SSSR count). The first kappa shape index (κ1) is 7.46. The molecular formula is C6H7IN3+. The molecule has 4 N–H and O–H groups in total. The molecule has 0 spiro atoms. The first-order valence-corrected chi connectivity index (χ1v) is 3.77. The number of rotatable bonds is 1. The minimum absolute atomic E-state index is 0.620. The van der Waals surface area contributed by atoms with Crippen molar-refractivity contribution in [2.45, 2.75) is 0 Å². The van der Waals surface area contributed by atoms with Gasteiger partial charge in [0, 0.05) is 28.8 Å². The van der Waals surface area contributed by atoms with Crippen molar-refractivity contribution in [2.24, 2.45) is 0 Å². The highest BCUT2D eigenvalue weighted by Gasteiger charge is 2.04. The predicted octanol–water partition coefficient (Wildman–Crippen LogP) is -0.395. The van der Waals surface area contributed by atoms with Gasteiger partial charge in [-0.2, -0.15) is 0 Å². The molecule has 0 unspecified atom stereocenters. The van der Waals surface area contributed by atoms with Crippen LogP contribution >= 0.6 is 22.6 Å². The number of pyridine rings is 1. The summed E-state index contributed by atoms with van der Waals surface area (Å²) in [6.07, 6.45) is 3.25. The van der Waals surface area contributed by atoms with Gasteiger partial charge < -0.3 is 5.73 Å². The monoisotopic (exact) mass is 248 g/mol. The largest absolute Gasteiger partial charge is 0.397 e. The van der Waals surface area contributed by atoms with Crippen molar-refractivity contribution in [1.82, 2.24) is 4.98 Å². The number of hydrogen-bond acceptors (Lipinski definition) is 2. The molecule has 0 aliphatic rings. The maximum atomic E-state index is 5.55. The lowest BCUT2D eigenvalue weighted by molar-refractivity contribution is -0.106. The van der Waals surface area contributed by atoms with E-state index in [1.807, 2.05) is 22.6 Å². The van der Waals surface area contributed by atoms with Crippen molar-refractivity contribution in [1.29, 1.82) is 0 Å². The van der Waals surface area contributed by atoms with Crippen LogP contribution < -0.4 is 11.1 Å². The number of hydrogen-bond donors (Lipinski definition) is 2. The van der Waals surface area contributed by atoms with Crippen LogP contribution in [0.4, 0.5) is 5.69 Å². The van der Waals surface area contributed by atoms with Crippen LogP contribution in [0.5, 0.6) is 0 Å². The third-order valence-electron chi connectivity index (χ3n) is 1.11. The first-order valence-electron chi connectivity index (χ1n) is 2.69. The topological polar surface area (TPSA) is 64.5 Å². The van der Waals surface area contributed by atoms with Gasteiger partial charge in [0.15, 0.2) is 0 Å². The second-order valence-corrected chi connectivity index (χ2v) is 2.97. The number of aromatic nitrogens is 1. The van der Waals surface area contributed by atoms with E-state index in [0.29, 0.717) is 9.41 Å². The van der Waals surface area contributed by atoms with E-state index in [2.05, 4.69) is 4.98 Å². The van der Waals surface area contributed by atoms with Crippen molar-refractivity contribution in [3.63, 3.8) is 0 Å². The summed E-state index contributed by atoms with van der Waals surface area (Å²) >= 11 is 2.02. The van der Waals surface area contributed by atoms with E-state index in [4.69, 9.17) is 11.1 Å². The zero-order chi connectivity index (χ0) is 7.56.